The van der Waals surface area contributed by atoms with Gasteiger partial charge in [-0.25, -0.2) is 0 Å². The molecule has 1 N–H and O–H groups in total. The van der Waals surface area contributed by atoms with Crippen LogP contribution in [0.2, 0.25) is 0 Å². The Bertz CT molecular complexity index is 473. The largest absolute Gasteiger partial charge is 0.497 e. The summed E-state index contributed by atoms with van der Waals surface area (Å²) in [5.41, 5.74) is 1.56. The van der Waals surface area contributed by atoms with Crippen LogP contribution in [-0.2, 0) is 0 Å². The third-order valence-electron chi connectivity index (χ3n) is 4.08. The first-order chi connectivity index (χ1) is 9.76. The van der Waals surface area contributed by atoms with E-state index in [1.165, 1.54) is 25.9 Å². The number of nitrogens with zero attached hydrogens (tertiary/aromatic N) is 2. The lowest BCUT2D eigenvalue weighted by atomic mass is 9.96. The highest BCUT2D eigenvalue weighted by Crippen LogP contribution is 2.24. The molecule has 0 atom stereocenters. The van der Waals surface area contributed by atoms with Crippen molar-refractivity contribution in [1.29, 1.82) is 5.26 Å². The Labute approximate surface area is 121 Å². The highest BCUT2D eigenvalue weighted by molar-refractivity contribution is 5.60. The fraction of sp³-hybridized carbons (Fsp3) is 0.562. The number of methoxy groups -OCH3 is 1. The average molecular weight is 273 g/mol. The van der Waals surface area contributed by atoms with Crippen LogP contribution < -0.4 is 10.1 Å². The van der Waals surface area contributed by atoms with Crippen LogP contribution in [0.3, 0.4) is 0 Å². The van der Waals surface area contributed by atoms with Crippen LogP contribution in [-0.4, -0.2) is 38.2 Å². The highest BCUT2D eigenvalue weighted by atomic mass is 16.5. The van der Waals surface area contributed by atoms with Crippen LogP contribution in [0, 0.1) is 17.2 Å². The Balaban J connectivity index is 1.92. The van der Waals surface area contributed by atoms with E-state index in [-0.39, 0.29) is 0 Å². The Morgan fingerprint density at radius 3 is 2.75 bits per heavy atom. The number of ether oxygens (including phenoxy) is 1. The number of likely N-dealkylation sites (tertiary alicyclic amines) is 1. The van der Waals surface area contributed by atoms with Gasteiger partial charge in [0.2, 0.25) is 0 Å². The van der Waals surface area contributed by atoms with Gasteiger partial charge in [0, 0.05) is 12.6 Å². The zero-order valence-electron chi connectivity index (χ0n) is 12.4. The summed E-state index contributed by atoms with van der Waals surface area (Å²) in [5, 5.41) is 12.6. The van der Waals surface area contributed by atoms with Gasteiger partial charge in [0.05, 0.1) is 18.4 Å². The minimum Gasteiger partial charge on any atom is -0.497 e. The maximum Gasteiger partial charge on any atom is 0.121 e. The molecule has 0 saturated carbocycles. The van der Waals surface area contributed by atoms with Gasteiger partial charge in [-0.2, -0.15) is 5.26 Å². The number of hydrogen-bond acceptors (Lipinski definition) is 4. The Kier molecular flexibility index (Phi) is 5.25. The molecular weight excluding hydrogens is 250 g/mol. The molecule has 4 heteroatoms. The second-order valence-corrected chi connectivity index (χ2v) is 5.28. The lowest BCUT2D eigenvalue weighted by Gasteiger charge is -2.31. The SMILES string of the molecule is CCN1CCC(CNc2cc(OC)ccc2C#N)CC1. The van der Waals surface area contributed by atoms with Gasteiger partial charge in [-0.05, 0) is 50.5 Å². The maximum atomic E-state index is 9.15. The van der Waals surface area contributed by atoms with E-state index in [1.54, 1.807) is 13.2 Å². The zero-order chi connectivity index (χ0) is 14.4. The summed E-state index contributed by atoms with van der Waals surface area (Å²) in [6.07, 6.45) is 2.46. The molecule has 0 aliphatic carbocycles. The van der Waals surface area contributed by atoms with Crippen molar-refractivity contribution >= 4 is 5.69 Å². The molecule has 0 bridgehead atoms. The molecule has 1 aromatic rings. The molecule has 108 valence electrons. The number of hydrogen-bond donors (Lipinski definition) is 1. The van der Waals surface area contributed by atoms with Gasteiger partial charge < -0.3 is 15.0 Å². The molecule has 2 rings (SSSR count). The molecule has 0 radical (unpaired) electrons. The predicted octanol–water partition coefficient (Wildman–Crippen LogP) is 2.71. The van der Waals surface area contributed by atoms with Gasteiger partial charge in [-0.1, -0.05) is 6.92 Å². The van der Waals surface area contributed by atoms with Crippen LogP contribution >= 0.6 is 0 Å². The quantitative estimate of drug-likeness (QED) is 0.896. The molecule has 0 amide bonds. The molecule has 1 aliphatic heterocycles. The summed E-state index contributed by atoms with van der Waals surface area (Å²) in [7, 11) is 1.64. The Morgan fingerprint density at radius 1 is 1.40 bits per heavy atom. The molecule has 0 aromatic heterocycles. The van der Waals surface area contributed by atoms with Crippen molar-refractivity contribution in [3.05, 3.63) is 23.8 Å². The summed E-state index contributed by atoms with van der Waals surface area (Å²) in [6.45, 7) is 6.67. The van der Waals surface area contributed by atoms with Crippen LogP contribution in [0.5, 0.6) is 5.75 Å². The van der Waals surface area contributed by atoms with Gasteiger partial charge in [0.1, 0.15) is 11.8 Å². The number of piperidine rings is 1. The van der Waals surface area contributed by atoms with Crippen molar-refractivity contribution in [2.24, 2.45) is 5.92 Å². The van der Waals surface area contributed by atoms with Crippen molar-refractivity contribution in [2.75, 3.05) is 38.6 Å². The fourth-order valence-corrected chi connectivity index (χ4v) is 2.66. The summed E-state index contributed by atoms with van der Waals surface area (Å²) in [6, 6.07) is 7.76. The molecule has 1 fully saturated rings. The number of nitrogens with one attached hydrogen (secondary N) is 1. The van der Waals surface area contributed by atoms with E-state index in [9.17, 15) is 0 Å². The smallest absolute Gasteiger partial charge is 0.121 e. The second-order valence-electron chi connectivity index (χ2n) is 5.28. The van der Waals surface area contributed by atoms with Crippen LogP contribution in [0.15, 0.2) is 18.2 Å². The van der Waals surface area contributed by atoms with Gasteiger partial charge in [-0.3, -0.25) is 0 Å². The molecule has 4 nitrogen and oxygen atoms in total. The van der Waals surface area contributed by atoms with Crippen molar-refractivity contribution in [3.8, 4) is 11.8 Å². The van der Waals surface area contributed by atoms with Crippen molar-refractivity contribution in [1.82, 2.24) is 4.90 Å². The predicted molar refractivity (Wildman–Crippen MR) is 81.0 cm³/mol. The fourth-order valence-electron chi connectivity index (χ4n) is 2.66. The highest BCUT2D eigenvalue weighted by Gasteiger charge is 2.18. The molecular formula is C16H23N3O. The monoisotopic (exact) mass is 273 g/mol. The molecule has 20 heavy (non-hydrogen) atoms. The van der Waals surface area contributed by atoms with Gasteiger partial charge >= 0.3 is 0 Å². The standard InChI is InChI=1S/C16H23N3O/c1-3-19-8-6-13(7-9-19)12-18-16-10-15(20-2)5-4-14(16)11-17/h4-5,10,13,18H,3,6-9,12H2,1-2H3. The van der Waals surface area contributed by atoms with Crippen molar-refractivity contribution in [2.45, 2.75) is 19.8 Å². The van der Waals surface area contributed by atoms with Gasteiger partial charge in [0.25, 0.3) is 0 Å². The normalized spacial score (nSPS) is 16.6. The van der Waals surface area contributed by atoms with Gasteiger partial charge in [0.15, 0.2) is 0 Å². The summed E-state index contributed by atoms with van der Waals surface area (Å²) >= 11 is 0. The molecule has 0 unspecified atom stereocenters. The van der Waals surface area contributed by atoms with E-state index >= 15 is 0 Å². The summed E-state index contributed by atoms with van der Waals surface area (Å²) < 4.78 is 5.22. The second kappa shape index (κ2) is 7.16. The summed E-state index contributed by atoms with van der Waals surface area (Å²) in [4.78, 5) is 2.49. The van der Waals surface area contributed by atoms with E-state index in [4.69, 9.17) is 10.00 Å². The zero-order valence-corrected chi connectivity index (χ0v) is 12.4. The third-order valence-corrected chi connectivity index (χ3v) is 4.08. The van der Waals surface area contributed by atoms with Crippen LogP contribution in [0.25, 0.3) is 0 Å². The van der Waals surface area contributed by atoms with Crippen LogP contribution in [0.4, 0.5) is 5.69 Å². The molecule has 0 spiro atoms. The first-order valence-electron chi connectivity index (χ1n) is 7.31. The number of anilines is 1. The topological polar surface area (TPSA) is 48.3 Å². The number of rotatable bonds is 5. The van der Waals surface area contributed by atoms with E-state index in [0.717, 1.165) is 24.5 Å². The van der Waals surface area contributed by atoms with Gasteiger partial charge in [-0.15, -0.1) is 0 Å². The van der Waals surface area contributed by atoms with E-state index in [1.807, 2.05) is 12.1 Å². The number of benzene rings is 1. The minimum absolute atomic E-state index is 0.678. The maximum absolute atomic E-state index is 9.15. The first kappa shape index (κ1) is 14.7. The lowest BCUT2D eigenvalue weighted by molar-refractivity contribution is 0.198. The molecule has 1 heterocycles. The molecule has 1 aromatic carbocycles. The summed E-state index contributed by atoms with van der Waals surface area (Å²) in [5.74, 6) is 1.47. The minimum atomic E-state index is 0.678. The molecule has 1 saturated heterocycles. The van der Waals surface area contributed by atoms with E-state index in [0.29, 0.717) is 11.5 Å². The number of nitriles is 1. The van der Waals surface area contributed by atoms with Crippen LogP contribution in [0.1, 0.15) is 25.3 Å². The lowest BCUT2D eigenvalue weighted by Crippen LogP contribution is -2.35. The third kappa shape index (κ3) is 3.64. The first-order valence-corrected chi connectivity index (χ1v) is 7.31. The molecule has 1 aliphatic rings. The van der Waals surface area contributed by atoms with E-state index < -0.39 is 0 Å². The van der Waals surface area contributed by atoms with Crippen molar-refractivity contribution < 1.29 is 4.74 Å². The average Bonchev–Trinajstić information content (AvgIpc) is 2.53. The van der Waals surface area contributed by atoms with Crippen molar-refractivity contribution in [3.63, 3.8) is 0 Å². The Hall–Kier alpha value is -1.73. The van der Waals surface area contributed by atoms with E-state index in [2.05, 4.69) is 23.2 Å². The Morgan fingerprint density at radius 2 is 2.15 bits per heavy atom.